The van der Waals surface area contributed by atoms with E-state index in [1.54, 1.807) is 31.4 Å². The number of amides is 2. The number of hydrogen-bond acceptors (Lipinski definition) is 4. The molecule has 0 saturated carbocycles. The Morgan fingerprint density at radius 3 is 2.44 bits per heavy atom. The average Bonchev–Trinajstić information content (AvgIpc) is 2.87. The normalized spacial score (nSPS) is 13.2. The van der Waals surface area contributed by atoms with Crippen molar-refractivity contribution in [3.8, 4) is 0 Å². The first-order chi connectivity index (χ1) is 16.6. The third-order valence-electron chi connectivity index (χ3n) is 6.06. The lowest BCUT2D eigenvalue weighted by atomic mass is 9.99. The predicted molar refractivity (Wildman–Crippen MR) is 134 cm³/mol. The van der Waals surface area contributed by atoms with Crippen molar-refractivity contribution in [2.75, 3.05) is 32.1 Å². The van der Waals surface area contributed by atoms with Crippen LogP contribution in [0.5, 0.6) is 0 Å². The highest BCUT2D eigenvalue weighted by Crippen LogP contribution is 2.21. The molecule has 6 heteroatoms. The van der Waals surface area contributed by atoms with Crippen LogP contribution in [0.15, 0.2) is 72.8 Å². The quantitative estimate of drug-likeness (QED) is 0.471. The summed E-state index contributed by atoms with van der Waals surface area (Å²) in [6.07, 6.45) is 1.79. The lowest BCUT2D eigenvalue weighted by molar-refractivity contribution is 0.0949. The zero-order valence-corrected chi connectivity index (χ0v) is 19.5. The van der Waals surface area contributed by atoms with Gasteiger partial charge in [-0.15, -0.1) is 0 Å². The molecular formula is C28H31N3O3. The number of nitrogens with one attached hydrogen (secondary N) is 2. The zero-order chi connectivity index (χ0) is 23.8. The van der Waals surface area contributed by atoms with Gasteiger partial charge in [-0.05, 0) is 53.8 Å². The molecule has 0 aliphatic carbocycles. The van der Waals surface area contributed by atoms with E-state index in [1.807, 2.05) is 24.3 Å². The van der Waals surface area contributed by atoms with Gasteiger partial charge in [0.25, 0.3) is 11.8 Å². The number of fused-ring (bicyclic) bond motifs is 1. The molecule has 0 aromatic heterocycles. The molecule has 0 atom stereocenters. The van der Waals surface area contributed by atoms with Gasteiger partial charge in [0.05, 0.1) is 11.3 Å². The zero-order valence-electron chi connectivity index (χ0n) is 19.5. The lowest BCUT2D eigenvalue weighted by Crippen LogP contribution is -2.30. The van der Waals surface area contributed by atoms with Gasteiger partial charge in [-0.3, -0.25) is 14.5 Å². The molecule has 1 aliphatic rings. The number of benzene rings is 3. The van der Waals surface area contributed by atoms with Crippen molar-refractivity contribution in [1.29, 1.82) is 0 Å². The second-order valence-electron chi connectivity index (χ2n) is 8.53. The molecule has 0 fully saturated rings. The van der Waals surface area contributed by atoms with E-state index < -0.39 is 0 Å². The van der Waals surface area contributed by atoms with Crippen LogP contribution < -0.4 is 10.6 Å². The molecule has 0 saturated heterocycles. The summed E-state index contributed by atoms with van der Waals surface area (Å²) in [5.74, 6) is -0.455. The van der Waals surface area contributed by atoms with Crippen molar-refractivity contribution in [2.45, 2.75) is 25.9 Å². The van der Waals surface area contributed by atoms with Crippen molar-refractivity contribution in [2.24, 2.45) is 0 Å². The van der Waals surface area contributed by atoms with Crippen LogP contribution in [0.1, 0.15) is 43.8 Å². The number of para-hydroxylation sites is 1. The molecular weight excluding hydrogens is 426 g/mol. The summed E-state index contributed by atoms with van der Waals surface area (Å²) in [7, 11) is 1.63. The highest BCUT2D eigenvalue weighted by Gasteiger charge is 2.17. The second kappa shape index (κ2) is 11.6. The van der Waals surface area contributed by atoms with Crippen LogP contribution >= 0.6 is 0 Å². The fourth-order valence-corrected chi connectivity index (χ4v) is 4.21. The van der Waals surface area contributed by atoms with Crippen molar-refractivity contribution in [1.82, 2.24) is 10.2 Å². The van der Waals surface area contributed by atoms with Crippen LogP contribution in [0.25, 0.3) is 0 Å². The Morgan fingerprint density at radius 1 is 0.912 bits per heavy atom. The molecule has 0 unspecified atom stereocenters. The van der Waals surface area contributed by atoms with Gasteiger partial charge >= 0.3 is 0 Å². The highest BCUT2D eigenvalue weighted by molar-refractivity contribution is 6.09. The number of methoxy groups -OCH3 is 1. The summed E-state index contributed by atoms with van der Waals surface area (Å²) < 4.78 is 5.01. The Hall–Kier alpha value is -3.48. The Labute approximate surface area is 200 Å². The highest BCUT2D eigenvalue weighted by atomic mass is 16.5. The maximum absolute atomic E-state index is 12.9. The van der Waals surface area contributed by atoms with Gasteiger partial charge in [-0.1, -0.05) is 48.5 Å². The maximum atomic E-state index is 12.9. The minimum atomic E-state index is -0.238. The van der Waals surface area contributed by atoms with Gasteiger partial charge in [0, 0.05) is 45.5 Å². The van der Waals surface area contributed by atoms with Crippen LogP contribution in [-0.2, 0) is 24.2 Å². The molecule has 3 aromatic carbocycles. The average molecular weight is 458 g/mol. The van der Waals surface area contributed by atoms with E-state index in [2.05, 4.69) is 39.8 Å². The topological polar surface area (TPSA) is 70.7 Å². The molecule has 34 heavy (non-hydrogen) atoms. The van der Waals surface area contributed by atoms with E-state index in [9.17, 15) is 9.59 Å². The molecule has 2 amide bonds. The molecule has 3 aromatic rings. The number of ether oxygens (including phenoxy) is 1. The Bertz CT molecular complexity index is 1130. The molecule has 1 heterocycles. The van der Waals surface area contributed by atoms with Gasteiger partial charge in [0.1, 0.15) is 0 Å². The third kappa shape index (κ3) is 6.10. The van der Waals surface area contributed by atoms with E-state index in [4.69, 9.17) is 4.74 Å². The summed E-state index contributed by atoms with van der Waals surface area (Å²) >= 11 is 0. The number of hydrogen-bond donors (Lipinski definition) is 2. The van der Waals surface area contributed by atoms with Crippen LogP contribution in [0.4, 0.5) is 5.69 Å². The fourth-order valence-electron chi connectivity index (χ4n) is 4.21. The van der Waals surface area contributed by atoms with Crippen LogP contribution in [0, 0.1) is 0 Å². The lowest BCUT2D eigenvalue weighted by Gasteiger charge is -2.28. The number of anilines is 1. The smallest absolute Gasteiger partial charge is 0.255 e. The molecule has 2 N–H and O–H groups in total. The summed E-state index contributed by atoms with van der Waals surface area (Å²) in [4.78, 5) is 27.8. The number of rotatable bonds is 9. The summed E-state index contributed by atoms with van der Waals surface area (Å²) in [5, 5.41) is 5.75. The first-order valence-corrected chi connectivity index (χ1v) is 11.7. The minimum absolute atomic E-state index is 0.217. The monoisotopic (exact) mass is 457 g/mol. The van der Waals surface area contributed by atoms with Crippen molar-refractivity contribution >= 4 is 17.5 Å². The van der Waals surface area contributed by atoms with Gasteiger partial charge in [-0.25, -0.2) is 0 Å². The summed E-state index contributed by atoms with van der Waals surface area (Å²) in [5.41, 5.74) is 5.50. The SMILES string of the molecule is COCCCNC(=O)c1ccccc1NC(=O)c1ccc(CN2CCc3ccccc3C2)cc1. The molecule has 4 rings (SSSR count). The third-order valence-corrected chi connectivity index (χ3v) is 6.06. The van der Waals surface area contributed by atoms with E-state index in [0.717, 1.165) is 32.5 Å². The van der Waals surface area contributed by atoms with E-state index in [0.29, 0.717) is 30.0 Å². The standard InChI is InChI=1S/C28H31N3O3/c1-34-18-6-16-29-28(33)25-9-4-5-10-26(25)30-27(32)23-13-11-21(12-14-23)19-31-17-15-22-7-2-3-8-24(22)20-31/h2-5,7-14H,6,15-20H2,1H3,(H,29,33)(H,30,32). The number of carbonyl (C=O) groups is 2. The summed E-state index contributed by atoms with van der Waals surface area (Å²) in [6, 6.07) is 23.3. The molecule has 1 aliphatic heterocycles. The number of nitrogens with zero attached hydrogens (tertiary/aromatic N) is 1. The van der Waals surface area contributed by atoms with Crippen LogP contribution in [0.3, 0.4) is 0 Å². The van der Waals surface area contributed by atoms with Crippen LogP contribution in [0.2, 0.25) is 0 Å². The predicted octanol–water partition coefficient (Wildman–Crippen LogP) is 4.26. The Balaban J connectivity index is 1.35. The first kappa shape index (κ1) is 23.7. The van der Waals surface area contributed by atoms with Gasteiger partial charge in [0.2, 0.25) is 0 Å². The fraction of sp³-hybridized carbons (Fsp3) is 0.286. The van der Waals surface area contributed by atoms with E-state index in [1.165, 1.54) is 16.7 Å². The first-order valence-electron chi connectivity index (χ1n) is 11.7. The van der Waals surface area contributed by atoms with Crippen molar-refractivity contribution < 1.29 is 14.3 Å². The molecule has 0 radical (unpaired) electrons. The van der Waals surface area contributed by atoms with Crippen molar-refractivity contribution in [3.05, 3.63) is 101 Å². The van der Waals surface area contributed by atoms with E-state index >= 15 is 0 Å². The maximum Gasteiger partial charge on any atom is 0.255 e. The summed E-state index contributed by atoms with van der Waals surface area (Å²) in [6.45, 7) is 3.92. The van der Waals surface area contributed by atoms with Gasteiger partial charge < -0.3 is 15.4 Å². The van der Waals surface area contributed by atoms with Gasteiger partial charge in [0.15, 0.2) is 0 Å². The minimum Gasteiger partial charge on any atom is -0.385 e. The van der Waals surface area contributed by atoms with Crippen LogP contribution in [-0.4, -0.2) is 43.5 Å². The largest absolute Gasteiger partial charge is 0.385 e. The van der Waals surface area contributed by atoms with Gasteiger partial charge in [-0.2, -0.15) is 0 Å². The van der Waals surface area contributed by atoms with Crippen molar-refractivity contribution in [3.63, 3.8) is 0 Å². The number of carbonyl (C=O) groups excluding carboxylic acids is 2. The molecule has 0 spiro atoms. The second-order valence-corrected chi connectivity index (χ2v) is 8.53. The molecule has 0 bridgehead atoms. The molecule has 6 nitrogen and oxygen atoms in total. The Kier molecular flexibility index (Phi) is 8.07. The Morgan fingerprint density at radius 2 is 1.65 bits per heavy atom. The van der Waals surface area contributed by atoms with E-state index in [-0.39, 0.29) is 11.8 Å². The molecule has 176 valence electrons.